The second-order valence-electron chi connectivity index (χ2n) is 5.95. The van der Waals surface area contributed by atoms with Gasteiger partial charge in [-0.25, -0.2) is 9.37 Å². The molecule has 28 heavy (non-hydrogen) atoms. The Kier molecular flexibility index (Phi) is 5.10. The van der Waals surface area contributed by atoms with Crippen molar-refractivity contribution in [3.8, 4) is 11.3 Å². The molecule has 7 heteroatoms. The van der Waals surface area contributed by atoms with Gasteiger partial charge >= 0.3 is 0 Å². The summed E-state index contributed by atoms with van der Waals surface area (Å²) < 4.78 is 13.7. The van der Waals surface area contributed by atoms with E-state index in [4.69, 9.17) is 12.2 Å². The molecule has 138 valence electrons. The summed E-state index contributed by atoms with van der Waals surface area (Å²) in [5.74, 6) is -1.21. The van der Waals surface area contributed by atoms with Crippen LogP contribution in [0.25, 0.3) is 22.0 Å². The number of hydrogen-bond acceptors (Lipinski definition) is 4. The van der Waals surface area contributed by atoms with E-state index in [0.717, 1.165) is 22.0 Å². The highest BCUT2D eigenvalue weighted by molar-refractivity contribution is 7.80. The molecule has 0 aliphatic rings. The minimum atomic E-state index is -0.610. The Morgan fingerprint density at radius 3 is 2.61 bits per heavy atom. The molecule has 0 saturated heterocycles. The molecule has 0 fully saturated rings. The molecule has 1 amide bonds. The molecule has 1 heterocycles. The van der Waals surface area contributed by atoms with Crippen LogP contribution in [0.2, 0.25) is 0 Å². The number of thiocarbonyl (C=S) groups is 1. The Morgan fingerprint density at radius 2 is 1.75 bits per heavy atom. The Labute approximate surface area is 170 Å². The van der Waals surface area contributed by atoms with Crippen molar-refractivity contribution in [3.63, 3.8) is 0 Å². The largest absolute Gasteiger partial charge is 0.308 e. The second kappa shape index (κ2) is 7.84. The fourth-order valence-corrected chi connectivity index (χ4v) is 3.82. The zero-order valence-electron chi connectivity index (χ0n) is 14.5. The number of aromatic nitrogens is 1. The van der Waals surface area contributed by atoms with Crippen molar-refractivity contribution >= 4 is 50.5 Å². The average molecular weight is 407 g/mol. The Balaban J connectivity index is 1.50. The number of anilines is 1. The zero-order chi connectivity index (χ0) is 19.5. The summed E-state index contributed by atoms with van der Waals surface area (Å²) in [5, 5.41) is 10.1. The van der Waals surface area contributed by atoms with E-state index in [-0.39, 0.29) is 10.7 Å². The number of carbonyl (C=O) groups is 1. The first kappa shape index (κ1) is 18.2. The van der Waals surface area contributed by atoms with Crippen molar-refractivity contribution in [3.05, 3.63) is 83.5 Å². The molecule has 0 bridgehead atoms. The predicted molar refractivity (Wildman–Crippen MR) is 115 cm³/mol. The van der Waals surface area contributed by atoms with E-state index < -0.39 is 11.7 Å². The molecule has 4 aromatic rings. The maximum absolute atomic E-state index is 13.7. The predicted octanol–water partition coefficient (Wildman–Crippen LogP) is 5.23. The smallest absolute Gasteiger partial charge is 0.260 e. The Hall–Kier alpha value is -3.16. The van der Waals surface area contributed by atoms with Crippen LogP contribution in [0.4, 0.5) is 9.52 Å². The number of fused-ring (bicyclic) bond motifs is 1. The number of nitrogens with zero attached hydrogens (tertiary/aromatic N) is 1. The van der Waals surface area contributed by atoms with Gasteiger partial charge in [0.25, 0.3) is 5.91 Å². The molecule has 0 aliphatic heterocycles. The van der Waals surface area contributed by atoms with Crippen LogP contribution in [0.1, 0.15) is 10.4 Å². The summed E-state index contributed by atoms with van der Waals surface area (Å²) in [7, 11) is 0. The third-order valence-corrected chi connectivity index (χ3v) is 5.10. The summed E-state index contributed by atoms with van der Waals surface area (Å²) in [6.07, 6.45) is 0. The summed E-state index contributed by atoms with van der Waals surface area (Å²) >= 11 is 6.53. The van der Waals surface area contributed by atoms with Crippen molar-refractivity contribution in [2.45, 2.75) is 0 Å². The molecular formula is C21H14FN3OS2. The third-order valence-electron chi connectivity index (χ3n) is 4.14. The molecule has 1 aromatic heterocycles. The van der Waals surface area contributed by atoms with Gasteiger partial charge in [0.15, 0.2) is 10.2 Å². The van der Waals surface area contributed by atoms with Crippen LogP contribution >= 0.6 is 23.6 Å². The molecule has 4 nitrogen and oxygen atoms in total. The summed E-state index contributed by atoms with van der Waals surface area (Å²) in [6, 6.07) is 19.9. The van der Waals surface area contributed by atoms with Crippen LogP contribution in [0.3, 0.4) is 0 Å². The van der Waals surface area contributed by atoms with Crippen LogP contribution in [-0.2, 0) is 0 Å². The van der Waals surface area contributed by atoms with Gasteiger partial charge in [0.05, 0.1) is 11.3 Å². The standard InChI is InChI=1S/C21H14FN3OS2/c22-17-11-4-3-9-16(17)19(26)24-20(27)25-21-23-18(12-28-21)15-10-5-7-13-6-1-2-8-14(13)15/h1-12H,(H2,23,24,25,26,27). The molecular weight excluding hydrogens is 393 g/mol. The molecule has 0 radical (unpaired) electrons. The number of benzene rings is 3. The van der Waals surface area contributed by atoms with Crippen LogP contribution in [-0.4, -0.2) is 16.0 Å². The van der Waals surface area contributed by atoms with Gasteiger partial charge in [-0.3, -0.25) is 10.1 Å². The van der Waals surface area contributed by atoms with Crippen molar-refractivity contribution in [1.82, 2.24) is 10.3 Å². The first-order valence-electron chi connectivity index (χ1n) is 8.42. The molecule has 0 unspecified atom stereocenters. The Morgan fingerprint density at radius 1 is 1.00 bits per heavy atom. The molecule has 0 saturated carbocycles. The topological polar surface area (TPSA) is 54.0 Å². The normalized spacial score (nSPS) is 10.6. The van der Waals surface area contributed by atoms with Crippen LogP contribution < -0.4 is 10.6 Å². The van der Waals surface area contributed by atoms with E-state index in [9.17, 15) is 9.18 Å². The second-order valence-corrected chi connectivity index (χ2v) is 7.22. The molecule has 3 aromatic carbocycles. The van der Waals surface area contributed by atoms with Gasteiger partial charge in [0, 0.05) is 10.9 Å². The van der Waals surface area contributed by atoms with E-state index in [0.29, 0.717) is 5.13 Å². The summed E-state index contributed by atoms with van der Waals surface area (Å²) in [6.45, 7) is 0. The van der Waals surface area contributed by atoms with Gasteiger partial charge in [-0.1, -0.05) is 54.6 Å². The lowest BCUT2D eigenvalue weighted by molar-refractivity contribution is 0.0974. The van der Waals surface area contributed by atoms with Gasteiger partial charge in [0.1, 0.15) is 5.82 Å². The average Bonchev–Trinajstić information content (AvgIpc) is 3.15. The molecule has 0 atom stereocenters. The van der Waals surface area contributed by atoms with Crippen molar-refractivity contribution < 1.29 is 9.18 Å². The van der Waals surface area contributed by atoms with E-state index in [2.05, 4.69) is 33.8 Å². The summed E-state index contributed by atoms with van der Waals surface area (Å²) in [4.78, 5) is 16.7. The fraction of sp³-hybridized carbons (Fsp3) is 0. The molecule has 4 rings (SSSR count). The lowest BCUT2D eigenvalue weighted by Crippen LogP contribution is -2.34. The molecule has 0 spiro atoms. The maximum Gasteiger partial charge on any atom is 0.260 e. The first-order chi connectivity index (χ1) is 13.6. The minimum Gasteiger partial charge on any atom is -0.308 e. The molecule has 2 N–H and O–H groups in total. The lowest BCUT2D eigenvalue weighted by Gasteiger charge is -2.08. The first-order valence-corrected chi connectivity index (χ1v) is 9.71. The summed E-state index contributed by atoms with van der Waals surface area (Å²) in [5.41, 5.74) is 1.76. The van der Waals surface area contributed by atoms with Crippen molar-refractivity contribution in [2.75, 3.05) is 5.32 Å². The number of halogens is 1. The van der Waals surface area contributed by atoms with Crippen molar-refractivity contribution in [1.29, 1.82) is 0 Å². The number of amides is 1. The van der Waals surface area contributed by atoms with E-state index >= 15 is 0 Å². The zero-order valence-corrected chi connectivity index (χ0v) is 16.1. The van der Waals surface area contributed by atoms with E-state index in [1.807, 2.05) is 29.6 Å². The van der Waals surface area contributed by atoms with Gasteiger partial charge in [0.2, 0.25) is 0 Å². The van der Waals surface area contributed by atoms with E-state index in [1.54, 1.807) is 6.07 Å². The van der Waals surface area contributed by atoms with Crippen LogP contribution in [0, 0.1) is 5.82 Å². The van der Waals surface area contributed by atoms with Crippen molar-refractivity contribution in [2.24, 2.45) is 0 Å². The van der Waals surface area contributed by atoms with Gasteiger partial charge < -0.3 is 5.32 Å². The number of nitrogens with one attached hydrogen (secondary N) is 2. The highest BCUT2D eigenvalue weighted by Crippen LogP contribution is 2.30. The number of thiazole rings is 1. The van der Waals surface area contributed by atoms with Crippen LogP contribution in [0.15, 0.2) is 72.1 Å². The quantitative estimate of drug-likeness (QED) is 0.457. The van der Waals surface area contributed by atoms with E-state index in [1.165, 1.54) is 29.5 Å². The SMILES string of the molecule is O=C(NC(=S)Nc1nc(-c2cccc3ccccc23)cs1)c1ccccc1F. The molecule has 0 aliphatic carbocycles. The van der Waals surface area contributed by atoms with Gasteiger partial charge in [-0.2, -0.15) is 0 Å². The maximum atomic E-state index is 13.7. The third kappa shape index (κ3) is 3.76. The van der Waals surface area contributed by atoms with Crippen LogP contribution in [0.5, 0.6) is 0 Å². The van der Waals surface area contributed by atoms with Gasteiger partial charge in [-0.05, 0) is 35.1 Å². The lowest BCUT2D eigenvalue weighted by atomic mass is 10.0. The number of rotatable bonds is 3. The monoisotopic (exact) mass is 407 g/mol. The highest BCUT2D eigenvalue weighted by atomic mass is 32.1. The fourth-order valence-electron chi connectivity index (χ4n) is 2.85. The Bertz CT molecular complexity index is 1180. The highest BCUT2D eigenvalue weighted by Gasteiger charge is 2.14. The number of carbonyl (C=O) groups excluding carboxylic acids is 1. The van der Waals surface area contributed by atoms with Gasteiger partial charge in [-0.15, -0.1) is 11.3 Å². The number of hydrogen-bond donors (Lipinski definition) is 2. The minimum absolute atomic E-state index is 0.0621.